The lowest BCUT2D eigenvalue weighted by molar-refractivity contribution is -0.280. The molecule has 0 radical (unpaired) electrons. The van der Waals surface area contributed by atoms with Crippen molar-refractivity contribution >= 4 is 12.0 Å². The van der Waals surface area contributed by atoms with E-state index in [0.717, 1.165) is 5.56 Å². The molecule has 0 aliphatic carbocycles. The van der Waals surface area contributed by atoms with Crippen LogP contribution in [0, 0.1) is 0 Å². The first-order valence-electron chi connectivity index (χ1n) is 6.62. The van der Waals surface area contributed by atoms with E-state index in [1.807, 2.05) is 30.3 Å². The van der Waals surface area contributed by atoms with Crippen LogP contribution in [0.1, 0.15) is 12.5 Å². The van der Waals surface area contributed by atoms with Gasteiger partial charge in [-0.2, -0.15) is 0 Å². The van der Waals surface area contributed by atoms with Crippen LogP contribution >= 0.6 is 0 Å². The fourth-order valence-electron chi connectivity index (χ4n) is 2.05. The minimum Gasteiger partial charge on any atom is -0.453 e. The van der Waals surface area contributed by atoms with E-state index in [1.165, 1.54) is 13.0 Å². The Labute approximate surface area is 122 Å². The molecule has 6 nitrogen and oxygen atoms in total. The summed E-state index contributed by atoms with van der Waals surface area (Å²) in [6, 6.07) is 9.14. The highest BCUT2D eigenvalue weighted by Gasteiger charge is 2.44. The summed E-state index contributed by atoms with van der Waals surface area (Å²) in [5.41, 5.74) is 0.816. The number of esters is 1. The van der Waals surface area contributed by atoms with Crippen molar-refractivity contribution in [2.24, 2.45) is 0 Å². The van der Waals surface area contributed by atoms with E-state index in [9.17, 15) is 20.1 Å². The molecule has 1 heterocycles. The molecule has 0 saturated carbocycles. The van der Waals surface area contributed by atoms with E-state index >= 15 is 0 Å². The van der Waals surface area contributed by atoms with Crippen LogP contribution in [0.3, 0.4) is 0 Å². The van der Waals surface area contributed by atoms with Crippen LogP contribution in [0.5, 0.6) is 0 Å². The number of aliphatic hydroxyl groups excluding tert-OH is 3. The number of hydrogen-bond donors (Lipinski definition) is 3. The number of hydrogen-bond acceptors (Lipinski definition) is 6. The Hall–Kier alpha value is -1.73. The lowest BCUT2D eigenvalue weighted by Crippen LogP contribution is -2.58. The molecule has 5 unspecified atom stereocenters. The molecule has 1 saturated heterocycles. The molecule has 5 atom stereocenters. The average molecular weight is 294 g/mol. The molecule has 0 spiro atoms. The van der Waals surface area contributed by atoms with Gasteiger partial charge in [-0.05, 0) is 18.6 Å². The summed E-state index contributed by atoms with van der Waals surface area (Å²) in [5, 5.41) is 29.1. The summed E-state index contributed by atoms with van der Waals surface area (Å²) >= 11 is 0. The van der Waals surface area contributed by atoms with Crippen molar-refractivity contribution in [1.29, 1.82) is 0 Å². The first kappa shape index (κ1) is 15.7. The summed E-state index contributed by atoms with van der Waals surface area (Å²) in [4.78, 5) is 11.7. The van der Waals surface area contributed by atoms with E-state index in [1.54, 1.807) is 6.08 Å². The molecule has 1 fully saturated rings. The first-order valence-corrected chi connectivity index (χ1v) is 6.62. The number of ether oxygens (including phenoxy) is 2. The lowest BCUT2D eigenvalue weighted by atomic mass is 10.00. The van der Waals surface area contributed by atoms with Gasteiger partial charge < -0.3 is 24.8 Å². The maximum absolute atomic E-state index is 11.7. The van der Waals surface area contributed by atoms with Gasteiger partial charge in [-0.1, -0.05) is 30.3 Å². The van der Waals surface area contributed by atoms with E-state index < -0.39 is 36.7 Å². The van der Waals surface area contributed by atoms with Gasteiger partial charge >= 0.3 is 5.97 Å². The topological polar surface area (TPSA) is 96.2 Å². The molecule has 2 rings (SSSR count). The van der Waals surface area contributed by atoms with Crippen molar-refractivity contribution in [2.45, 2.75) is 37.6 Å². The third-order valence-corrected chi connectivity index (χ3v) is 3.26. The van der Waals surface area contributed by atoms with Gasteiger partial charge in [0.15, 0.2) is 12.4 Å². The summed E-state index contributed by atoms with van der Waals surface area (Å²) in [6.07, 6.45) is -3.44. The van der Waals surface area contributed by atoms with Crippen LogP contribution in [-0.2, 0) is 14.3 Å². The molecule has 1 aromatic rings. The second-order valence-electron chi connectivity index (χ2n) is 4.86. The Kier molecular flexibility index (Phi) is 5.08. The van der Waals surface area contributed by atoms with Crippen molar-refractivity contribution in [1.82, 2.24) is 0 Å². The standard InChI is InChI=1S/C15H18O6/c1-9-12(17)14(13(18)15(19)20-9)21-11(16)8-7-10-5-3-2-4-6-10/h2-9,12-15,17-19H,1H3. The highest BCUT2D eigenvalue weighted by Crippen LogP contribution is 2.22. The third kappa shape index (κ3) is 3.89. The Morgan fingerprint density at radius 1 is 1.19 bits per heavy atom. The smallest absolute Gasteiger partial charge is 0.331 e. The van der Waals surface area contributed by atoms with Gasteiger partial charge in [0.25, 0.3) is 0 Å². The van der Waals surface area contributed by atoms with E-state index in [2.05, 4.69) is 0 Å². The minimum absolute atomic E-state index is 0.719. The van der Waals surface area contributed by atoms with Gasteiger partial charge in [-0.3, -0.25) is 0 Å². The Morgan fingerprint density at radius 3 is 2.52 bits per heavy atom. The Bertz CT molecular complexity index is 486. The normalized spacial score (nSPS) is 33.0. The second-order valence-corrected chi connectivity index (χ2v) is 4.86. The summed E-state index contributed by atoms with van der Waals surface area (Å²) in [5.74, 6) is -0.719. The quantitative estimate of drug-likeness (QED) is 0.539. The fraction of sp³-hybridized carbons (Fsp3) is 0.400. The molecule has 21 heavy (non-hydrogen) atoms. The van der Waals surface area contributed by atoms with E-state index in [0.29, 0.717) is 0 Å². The van der Waals surface area contributed by atoms with Gasteiger partial charge in [-0.15, -0.1) is 0 Å². The molecule has 0 amide bonds. The SMILES string of the molecule is CC1OC(O)C(O)C(OC(=O)C=Cc2ccccc2)C1O. The monoisotopic (exact) mass is 294 g/mol. The zero-order valence-corrected chi connectivity index (χ0v) is 11.5. The van der Waals surface area contributed by atoms with Crippen molar-refractivity contribution in [3.8, 4) is 0 Å². The largest absolute Gasteiger partial charge is 0.453 e. The summed E-state index contributed by atoms with van der Waals surface area (Å²) in [6.45, 7) is 1.51. The maximum Gasteiger partial charge on any atom is 0.331 e. The van der Waals surface area contributed by atoms with Crippen molar-refractivity contribution in [3.63, 3.8) is 0 Å². The van der Waals surface area contributed by atoms with Crippen LogP contribution in [0.2, 0.25) is 0 Å². The molecular weight excluding hydrogens is 276 g/mol. The summed E-state index contributed by atoms with van der Waals surface area (Å²) < 4.78 is 9.91. The molecule has 1 aromatic carbocycles. The van der Waals surface area contributed by atoms with Crippen LogP contribution in [0.15, 0.2) is 36.4 Å². The minimum atomic E-state index is -1.50. The highest BCUT2D eigenvalue weighted by molar-refractivity contribution is 5.87. The second kappa shape index (κ2) is 6.82. The molecule has 0 bridgehead atoms. The highest BCUT2D eigenvalue weighted by atomic mass is 16.6. The van der Waals surface area contributed by atoms with Crippen molar-refractivity contribution in [3.05, 3.63) is 42.0 Å². The van der Waals surface area contributed by atoms with Gasteiger partial charge in [-0.25, -0.2) is 4.79 Å². The Morgan fingerprint density at radius 2 is 1.86 bits per heavy atom. The third-order valence-electron chi connectivity index (χ3n) is 3.26. The average Bonchev–Trinajstić information content (AvgIpc) is 2.48. The summed E-state index contributed by atoms with van der Waals surface area (Å²) in [7, 11) is 0. The predicted octanol–water partition coefficient (Wildman–Crippen LogP) is 0.0705. The molecular formula is C15H18O6. The molecule has 1 aliphatic heterocycles. The van der Waals surface area contributed by atoms with E-state index in [-0.39, 0.29) is 0 Å². The van der Waals surface area contributed by atoms with Crippen molar-refractivity contribution < 1.29 is 29.6 Å². The maximum atomic E-state index is 11.7. The van der Waals surface area contributed by atoms with Crippen molar-refractivity contribution in [2.75, 3.05) is 0 Å². The Balaban J connectivity index is 1.99. The van der Waals surface area contributed by atoms with Crippen LogP contribution < -0.4 is 0 Å². The number of aliphatic hydroxyl groups is 3. The zero-order chi connectivity index (χ0) is 15.4. The number of carbonyl (C=O) groups is 1. The molecule has 3 N–H and O–H groups in total. The zero-order valence-electron chi connectivity index (χ0n) is 11.5. The number of benzene rings is 1. The first-order chi connectivity index (χ1) is 9.99. The lowest BCUT2D eigenvalue weighted by Gasteiger charge is -2.38. The van der Waals surface area contributed by atoms with Crippen LogP contribution in [0.4, 0.5) is 0 Å². The fourth-order valence-corrected chi connectivity index (χ4v) is 2.05. The molecule has 6 heteroatoms. The number of rotatable bonds is 3. The molecule has 0 aromatic heterocycles. The number of carbonyl (C=O) groups excluding carboxylic acids is 1. The van der Waals surface area contributed by atoms with Gasteiger partial charge in [0, 0.05) is 6.08 Å². The van der Waals surface area contributed by atoms with Gasteiger partial charge in [0.1, 0.15) is 12.2 Å². The van der Waals surface area contributed by atoms with Gasteiger partial charge in [0.2, 0.25) is 0 Å². The molecule has 114 valence electrons. The predicted molar refractivity (Wildman–Crippen MR) is 73.9 cm³/mol. The van der Waals surface area contributed by atoms with Gasteiger partial charge in [0.05, 0.1) is 6.10 Å². The van der Waals surface area contributed by atoms with E-state index in [4.69, 9.17) is 9.47 Å². The van der Waals surface area contributed by atoms with Crippen LogP contribution in [-0.4, -0.2) is 52.0 Å². The molecule has 1 aliphatic rings. The van der Waals surface area contributed by atoms with Crippen LogP contribution in [0.25, 0.3) is 6.08 Å².